The lowest BCUT2D eigenvalue weighted by Gasteiger charge is -2.23. The molecular formula is C43H85N2O6P. The number of aliphatic hydroxyl groups is 1. The number of unbranched alkanes of at least 4 members (excludes halogenated alkanes) is 27. The molecule has 0 radical (unpaired) electrons. The molecule has 0 fully saturated rings. The van der Waals surface area contributed by atoms with Crippen molar-refractivity contribution in [3.05, 3.63) is 24.3 Å². The lowest BCUT2D eigenvalue weighted by molar-refractivity contribution is -0.123. The van der Waals surface area contributed by atoms with Crippen LogP contribution in [0.5, 0.6) is 0 Å². The van der Waals surface area contributed by atoms with E-state index < -0.39 is 20.0 Å². The van der Waals surface area contributed by atoms with Gasteiger partial charge in [-0.15, -0.1) is 0 Å². The van der Waals surface area contributed by atoms with Gasteiger partial charge in [0.1, 0.15) is 0 Å². The predicted molar refractivity (Wildman–Crippen MR) is 221 cm³/mol. The summed E-state index contributed by atoms with van der Waals surface area (Å²) in [6, 6.07) is -0.861. The highest BCUT2D eigenvalue weighted by atomic mass is 31.2. The number of aliphatic hydroxyl groups excluding tert-OH is 1. The summed E-state index contributed by atoms with van der Waals surface area (Å²) < 4.78 is 22.1. The number of phosphoric acid groups is 1. The van der Waals surface area contributed by atoms with Crippen LogP contribution in [-0.2, 0) is 18.4 Å². The van der Waals surface area contributed by atoms with Crippen LogP contribution in [0.4, 0.5) is 0 Å². The van der Waals surface area contributed by atoms with Crippen LogP contribution in [0, 0.1) is 0 Å². The van der Waals surface area contributed by atoms with E-state index in [0.29, 0.717) is 6.42 Å². The van der Waals surface area contributed by atoms with E-state index in [2.05, 4.69) is 31.3 Å². The summed E-state index contributed by atoms with van der Waals surface area (Å²) in [5, 5.41) is 13.7. The number of allylic oxidation sites excluding steroid dienone is 3. The Balaban J connectivity index is 4.20. The minimum atomic E-state index is -4.34. The third kappa shape index (κ3) is 37.3. The number of rotatable bonds is 41. The number of carbonyl (C=O) groups is 1. The van der Waals surface area contributed by atoms with Crippen molar-refractivity contribution in [1.82, 2.24) is 5.32 Å². The van der Waals surface area contributed by atoms with Gasteiger partial charge < -0.3 is 21.1 Å². The number of nitrogens with two attached hydrogens (primary N) is 1. The highest BCUT2D eigenvalue weighted by Crippen LogP contribution is 2.43. The Labute approximate surface area is 321 Å². The van der Waals surface area contributed by atoms with Crippen LogP contribution in [0.1, 0.15) is 213 Å². The molecule has 5 N–H and O–H groups in total. The first-order chi connectivity index (χ1) is 25.4. The molecule has 8 nitrogen and oxygen atoms in total. The zero-order valence-corrected chi connectivity index (χ0v) is 35.0. The summed E-state index contributed by atoms with van der Waals surface area (Å²) in [5.74, 6) is -0.202. The molecule has 0 aliphatic rings. The first-order valence-corrected chi connectivity index (χ1v) is 23.5. The molecule has 3 unspecified atom stereocenters. The molecule has 0 rings (SSSR count). The van der Waals surface area contributed by atoms with Crippen LogP contribution in [-0.4, -0.2) is 47.8 Å². The van der Waals surface area contributed by atoms with Gasteiger partial charge in [-0.25, -0.2) is 4.57 Å². The Morgan fingerprint density at radius 1 is 0.615 bits per heavy atom. The van der Waals surface area contributed by atoms with Crippen molar-refractivity contribution in [3.8, 4) is 0 Å². The molecular weight excluding hydrogens is 671 g/mol. The molecule has 0 saturated heterocycles. The molecule has 0 aromatic carbocycles. The quantitative estimate of drug-likeness (QED) is 0.0277. The topological polar surface area (TPSA) is 131 Å². The molecule has 0 saturated carbocycles. The molecule has 0 bridgehead atoms. The van der Waals surface area contributed by atoms with Crippen molar-refractivity contribution in [2.45, 2.75) is 225 Å². The Bertz CT molecular complexity index is 871. The predicted octanol–water partition coefficient (Wildman–Crippen LogP) is 12.2. The summed E-state index contributed by atoms with van der Waals surface area (Å²) in [4.78, 5) is 22.7. The Morgan fingerprint density at radius 2 is 1.00 bits per heavy atom. The minimum absolute atomic E-state index is 0.0781. The molecule has 308 valence electrons. The Hall–Kier alpha value is -1.02. The molecule has 1 amide bonds. The highest BCUT2D eigenvalue weighted by molar-refractivity contribution is 7.47. The molecule has 0 aromatic rings. The fraction of sp³-hybridized carbons (Fsp3) is 0.884. The second-order valence-electron chi connectivity index (χ2n) is 14.9. The third-order valence-corrected chi connectivity index (χ3v) is 10.8. The van der Waals surface area contributed by atoms with Gasteiger partial charge in [-0.2, -0.15) is 0 Å². The van der Waals surface area contributed by atoms with Crippen molar-refractivity contribution in [1.29, 1.82) is 0 Å². The Morgan fingerprint density at radius 3 is 1.42 bits per heavy atom. The van der Waals surface area contributed by atoms with Gasteiger partial charge in [0.2, 0.25) is 5.91 Å². The fourth-order valence-electron chi connectivity index (χ4n) is 6.42. The monoisotopic (exact) mass is 757 g/mol. The second kappa shape index (κ2) is 39.7. The zero-order valence-electron chi connectivity index (χ0n) is 34.1. The molecule has 0 aromatic heterocycles. The average Bonchev–Trinajstić information content (AvgIpc) is 3.13. The molecule has 0 aliphatic carbocycles. The Kier molecular flexibility index (Phi) is 38.9. The van der Waals surface area contributed by atoms with Gasteiger partial charge in [-0.1, -0.05) is 186 Å². The molecule has 52 heavy (non-hydrogen) atoms. The first kappa shape index (κ1) is 51.0. The van der Waals surface area contributed by atoms with E-state index in [1.807, 2.05) is 6.08 Å². The number of amides is 1. The number of carbonyl (C=O) groups excluding carboxylic acids is 1. The first-order valence-electron chi connectivity index (χ1n) is 22.0. The van der Waals surface area contributed by atoms with Gasteiger partial charge in [0.15, 0.2) is 0 Å². The third-order valence-electron chi connectivity index (χ3n) is 9.77. The van der Waals surface area contributed by atoms with Gasteiger partial charge in [0, 0.05) is 13.0 Å². The second-order valence-corrected chi connectivity index (χ2v) is 16.4. The largest absolute Gasteiger partial charge is 0.472 e. The number of hydrogen-bond donors (Lipinski definition) is 4. The van der Waals surface area contributed by atoms with Gasteiger partial charge in [-0.05, 0) is 44.9 Å². The van der Waals surface area contributed by atoms with Crippen molar-refractivity contribution in [3.63, 3.8) is 0 Å². The summed E-state index contributed by atoms with van der Waals surface area (Å²) >= 11 is 0. The van der Waals surface area contributed by atoms with E-state index in [4.69, 9.17) is 14.8 Å². The van der Waals surface area contributed by atoms with E-state index in [1.165, 1.54) is 141 Å². The number of nitrogens with one attached hydrogen (secondary N) is 1. The lowest BCUT2D eigenvalue weighted by Crippen LogP contribution is -2.45. The van der Waals surface area contributed by atoms with Crippen LogP contribution >= 0.6 is 7.82 Å². The van der Waals surface area contributed by atoms with Crippen LogP contribution < -0.4 is 11.1 Å². The standard InChI is InChI=1S/C43H85N2O6P/c1-3-5-7-9-11-13-15-17-19-20-21-22-23-24-26-28-30-32-34-36-42(46)41(40-51-52(48,49)50-39-38-44)45-43(47)37-35-33-31-29-27-25-18-16-14-12-10-8-6-4-2/h16,18,34,36,41-42,46H,3-15,17,19-33,35,37-40,44H2,1-2H3,(H,45,47)(H,48,49)/b18-16-,36-34+. The lowest BCUT2D eigenvalue weighted by atomic mass is 10.0. The van der Waals surface area contributed by atoms with Crippen molar-refractivity contribution in [2.24, 2.45) is 5.73 Å². The highest BCUT2D eigenvalue weighted by Gasteiger charge is 2.26. The maximum absolute atomic E-state index is 12.7. The van der Waals surface area contributed by atoms with Crippen molar-refractivity contribution in [2.75, 3.05) is 19.8 Å². The maximum Gasteiger partial charge on any atom is 0.472 e. The molecule has 9 heteroatoms. The van der Waals surface area contributed by atoms with E-state index in [-0.39, 0.29) is 25.7 Å². The minimum Gasteiger partial charge on any atom is -0.387 e. The van der Waals surface area contributed by atoms with Crippen molar-refractivity contribution >= 4 is 13.7 Å². The van der Waals surface area contributed by atoms with Gasteiger partial charge in [0.05, 0.1) is 25.4 Å². The van der Waals surface area contributed by atoms with Crippen LogP contribution in [0.15, 0.2) is 24.3 Å². The summed E-state index contributed by atoms with van der Waals surface area (Å²) in [6.07, 6.45) is 45.1. The SMILES string of the molecule is CCCCCCC/C=C\CCCCCCCC(=O)NC(COP(=O)(O)OCCN)C(O)/C=C/CCCCCCCCCCCCCCCCCCC. The maximum atomic E-state index is 12.7. The summed E-state index contributed by atoms with van der Waals surface area (Å²) in [7, 11) is -4.34. The van der Waals surface area contributed by atoms with E-state index in [0.717, 1.165) is 51.4 Å². The van der Waals surface area contributed by atoms with E-state index >= 15 is 0 Å². The van der Waals surface area contributed by atoms with E-state index in [9.17, 15) is 19.4 Å². The zero-order chi connectivity index (χ0) is 38.2. The molecule has 3 atom stereocenters. The number of hydrogen-bond acceptors (Lipinski definition) is 6. The fourth-order valence-corrected chi connectivity index (χ4v) is 7.18. The van der Waals surface area contributed by atoms with Gasteiger partial charge in [-0.3, -0.25) is 13.8 Å². The normalized spacial score (nSPS) is 14.3. The molecule has 0 spiro atoms. The summed E-state index contributed by atoms with van der Waals surface area (Å²) in [5.41, 5.74) is 5.37. The smallest absolute Gasteiger partial charge is 0.387 e. The van der Waals surface area contributed by atoms with Crippen LogP contribution in [0.2, 0.25) is 0 Å². The average molecular weight is 757 g/mol. The van der Waals surface area contributed by atoms with Crippen LogP contribution in [0.3, 0.4) is 0 Å². The molecule has 0 heterocycles. The van der Waals surface area contributed by atoms with Gasteiger partial charge in [0.25, 0.3) is 0 Å². The summed E-state index contributed by atoms with van der Waals surface area (Å²) in [6.45, 7) is 4.13. The van der Waals surface area contributed by atoms with E-state index in [1.54, 1.807) is 6.08 Å². The molecule has 0 aliphatic heterocycles. The van der Waals surface area contributed by atoms with Crippen molar-refractivity contribution < 1.29 is 28.4 Å². The number of phosphoric ester groups is 1. The van der Waals surface area contributed by atoms with Gasteiger partial charge >= 0.3 is 7.82 Å². The van der Waals surface area contributed by atoms with Crippen LogP contribution in [0.25, 0.3) is 0 Å².